The highest BCUT2D eigenvalue weighted by Gasteiger charge is 2.29. The zero-order valence-electron chi connectivity index (χ0n) is 15.1. The van der Waals surface area contributed by atoms with Gasteiger partial charge in [-0.1, -0.05) is 30.3 Å². The summed E-state index contributed by atoms with van der Waals surface area (Å²) in [5.41, 5.74) is 0.0397. The molecular weight excluding hydrogens is 338 g/mol. The van der Waals surface area contributed by atoms with Gasteiger partial charge < -0.3 is 14.7 Å². The lowest BCUT2D eigenvalue weighted by Gasteiger charge is -2.25. The van der Waals surface area contributed by atoms with Gasteiger partial charge in [-0.05, 0) is 20.8 Å². The minimum atomic E-state index is -1.18. The van der Waals surface area contributed by atoms with Crippen molar-refractivity contribution in [1.29, 1.82) is 0 Å². The van der Waals surface area contributed by atoms with Crippen LogP contribution in [-0.4, -0.2) is 61.7 Å². The van der Waals surface area contributed by atoms with E-state index >= 15 is 0 Å². The van der Waals surface area contributed by atoms with Crippen LogP contribution in [0.15, 0.2) is 30.3 Å². The number of aliphatic carboxylic acids is 1. The van der Waals surface area contributed by atoms with Crippen LogP contribution in [0.3, 0.4) is 0 Å². The average Bonchev–Trinajstić information content (AvgIpc) is 2.58. The van der Waals surface area contributed by atoms with Crippen LogP contribution in [0.2, 0.25) is 0 Å². The molecule has 9 heteroatoms. The number of aromatic nitrogens is 4. The number of carboxylic acid groups (broad SMARTS) is 1. The van der Waals surface area contributed by atoms with Crippen molar-refractivity contribution >= 4 is 12.1 Å². The number of carboxylic acids is 1. The van der Waals surface area contributed by atoms with Crippen molar-refractivity contribution in [3.05, 3.63) is 36.2 Å². The first-order valence-corrected chi connectivity index (χ1v) is 7.97. The highest BCUT2D eigenvalue weighted by atomic mass is 16.6. The standard InChI is InChI=1S/C17H21N5O4/c1-17(2,3)26-16(25)22(4)10-12(15(23)24)14-20-18-13(19-21-14)11-8-6-5-7-9-11/h5-9,12H,10H2,1-4H3,(H,23,24). The highest BCUT2D eigenvalue weighted by Crippen LogP contribution is 2.16. The molecule has 0 radical (unpaired) electrons. The van der Waals surface area contributed by atoms with Gasteiger partial charge in [-0.3, -0.25) is 4.79 Å². The molecule has 138 valence electrons. The van der Waals surface area contributed by atoms with E-state index in [0.29, 0.717) is 5.82 Å². The summed E-state index contributed by atoms with van der Waals surface area (Å²) < 4.78 is 5.21. The molecule has 0 aliphatic carbocycles. The molecule has 26 heavy (non-hydrogen) atoms. The minimum absolute atomic E-state index is 0.0763. The minimum Gasteiger partial charge on any atom is -0.481 e. The van der Waals surface area contributed by atoms with Crippen molar-refractivity contribution in [2.45, 2.75) is 32.3 Å². The molecule has 0 fully saturated rings. The molecule has 0 saturated heterocycles. The number of rotatable bonds is 5. The lowest BCUT2D eigenvalue weighted by Crippen LogP contribution is -2.38. The van der Waals surface area contributed by atoms with Crippen LogP contribution in [0.4, 0.5) is 4.79 Å². The topological polar surface area (TPSA) is 118 Å². The van der Waals surface area contributed by atoms with Gasteiger partial charge in [0.15, 0.2) is 5.82 Å². The van der Waals surface area contributed by atoms with E-state index < -0.39 is 23.6 Å². The molecule has 0 spiro atoms. The molecule has 1 N–H and O–H groups in total. The van der Waals surface area contributed by atoms with E-state index in [4.69, 9.17) is 4.74 Å². The fraction of sp³-hybridized carbons (Fsp3) is 0.412. The van der Waals surface area contributed by atoms with Crippen molar-refractivity contribution in [1.82, 2.24) is 25.3 Å². The first kappa shape index (κ1) is 19.2. The smallest absolute Gasteiger partial charge is 0.410 e. The van der Waals surface area contributed by atoms with Gasteiger partial charge in [0.1, 0.15) is 11.5 Å². The molecule has 2 rings (SSSR count). The summed E-state index contributed by atoms with van der Waals surface area (Å²) in [6.45, 7) is 5.02. The third kappa shape index (κ3) is 5.20. The molecule has 1 atom stereocenters. The maximum atomic E-state index is 12.0. The molecule has 9 nitrogen and oxygen atoms in total. The van der Waals surface area contributed by atoms with E-state index in [2.05, 4.69) is 20.4 Å². The number of benzene rings is 1. The van der Waals surface area contributed by atoms with Gasteiger partial charge in [-0.25, -0.2) is 4.79 Å². The summed E-state index contributed by atoms with van der Waals surface area (Å²) >= 11 is 0. The fourth-order valence-corrected chi connectivity index (χ4v) is 2.04. The lowest BCUT2D eigenvalue weighted by molar-refractivity contribution is -0.139. The number of carbonyl (C=O) groups is 2. The van der Waals surface area contributed by atoms with Crippen LogP contribution in [0.5, 0.6) is 0 Å². The van der Waals surface area contributed by atoms with Crippen LogP contribution in [0.25, 0.3) is 11.4 Å². The van der Waals surface area contributed by atoms with Crippen LogP contribution >= 0.6 is 0 Å². The Kier molecular flexibility index (Phi) is 5.81. The third-order valence-corrected chi connectivity index (χ3v) is 3.30. The van der Waals surface area contributed by atoms with E-state index in [1.54, 1.807) is 32.9 Å². The zero-order chi connectivity index (χ0) is 19.3. The third-order valence-electron chi connectivity index (χ3n) is 3.30. The van der Waals surface area contributed by atoms with E-state index in [9.17, 15) is 14.7 Å². The quantitative estimate of drug-likeness (QED) is 0.860. The van der Waals surface area contributed by atoms with Gasteiger partial charge in [-0.15, -0.1) is 20.4 Å². The maximum absolute atomic E-state index is 12.0. The summed E-state index contributed by atoms with van der Waals surface area (Å²) in [5.74, 6) is -2.14. The number of amides is 1. The number of likely N-dealkylation sites (N-methyl/N-ethyl adjacent to an activating group) is 1. The van der Waals surface area contributed by atoms with Crippen LogP contribution < -0.4 is 0 Å². The van der Waals surface area contributed by atoms with Crippen molar-refractivity contribution in [3.8, 4) is 11.4 Å². The van der Waals surface area contributed by atoms with Crippen molar-refractivity contribution in [2.75, 3.05) is 13.6 Å². The van der Waals surface area contributed by atoms with Gasteiger partial charge >= 0.3 is 12.1 Å². The molecule has 1 heterocycles. The fourth-order valence-electron chi connectivity index (χ4n) is 2.04. The molecule has 1 aromatic carbocycles. The number of carbonyl (C=O) groups excluding carboxylic acids is 1. The zero-order valence-corrected chi connectivity index (χ0v) is 15.1. The van der Waals surface area contributed by atoms with E-state index in [1.807, 2.05) is 18.2 Å². The summed E-state index contributed by atoms with van der Waals surface area (Å²) in [5, 5.41) is 25.1. The van der Waals surface area contributed by atoms with E-state index in [1.165, 1.54) is 11.9 Å². The summed E-state index contributed by atoms with van der Waals surface area (Å²) in [6, 6.07) is 9.09. The van der Waals surface area contributed by atoms with Gasteiger partial charge in [0, 0.05) is 19.2 Å². The lowest BCUT2D eigenvalue weighted by atomic mass is 10.1. The Morgan fingerprint density at radius 1 is 1.12 bits per heavy atom. The number of nitrogens with zero attached hydrogens (tertiary/aromatic N) is 5. The number of hydrogen-bond acceptors (Lipinski definition) is 7. The SMILES string of the molecule is CN(CC(C(=O)O)c1nnc(-c2ccccc2)nn1)C(=O)OC(C)(C)C. The van der Waals surface area contributed by atoms with Crippen LogP contribution in [0.1, 0.15) is 32.5 Å². The van der Waals surface area contributed by atoms with Gasteiger partial charge in [0.05, 0.1) is 0 Å². The Bertz CT molecular complexity index is 759. The molecule has 0 saturated carbocycles. The van der Waals surface area contributed by atoms with Gasteiger partial charge in [-0.2, -0.15) is 0 Å². The Hall–Kier alpha value is -3.10. The van der Waals surface area contributed by atoms with Gasteiger partial charge in [0.25, 0.3) is 0 Å². The van der Waals surface area contributed by atoms with Crippen LogP contribution in [-0.2, 0) is 9.53 Å². The monoisotopic (exact) mass is 359 g/mol. The largest absolute Gasteiger partial charge is 0.481 e. The summed E-state index contributed by atoms with van der Waals surface area (Å²) in [4.78, 5) is 24.8. The van der Waals surface area contributed by atoms with Crippen LogP contribution in [0, 0.1) is 0 Å². The Balaban J connectivity index is 2.14. The molecule has 1 unspecified atom stereocenters. The first-order chi connectivity index (χ1) is 12.2. The Labute approximate surface area is 151 Å². The summed E-state index contributed by atoms with van der Waals surface area (Å²) in [7, 11) is 1.45. The van der Waals surface area contributed by atoms with E-state index in [0.717, 1.165) is 5.56 Å². The second kappa shape index (κ2) is 7.85. The predicted molar refractivity (Wildman–Crippen MR) is 92.3 cm³/mol. The first-order valence-electron chi connectivity index (χ1n) is 7.97. The summed E-state index contributed by atoms with van der Waals surface area (Å²) in [6.07, 6.45) is -0.634. The molecule has 1 amide bonds. The second-order valence-corrected chi connectivity index (χ2v) is 6.70. The Morgan fingerprint density at radius 2 is 1.69 bits per heavy atom. The van der Waals surface area contributed by atoms with Crippen molar-refractivity contribution < 1.29 is 19.4 Å². The van der Waals surface area contributed by atoms with E-state index in [-0.39, 0.29) is 12.4 Å². The molecule has 0 bridgehead atoms. The highest BCUT2D eigenvalue weighted by molar-refractivity contribution is 5.76. The van der Waals surface area contributed by atoms with Crippen molar-refractivity contribution in [3.63, 3.8) is 0 Å². The number of hydrogen-bond donors (Lipinski definition) is 1. The molecular formula is C17H21N5O4. The van der Waals surface area contributed by atoms with Gasteiger partial charge in [0.2, 0.25) is 5.82 Å². The maximum Gasteiger partial charge on any atom is 0.410 e. The van der Waals surface area contributed by atoms with Crippen molar-refractivity contribution in [2.24, 2.45) is 0 Å². The molecule has 2 aromatic rings. The Morgan fingerprint density at radius 3 is 2.19 bits per heavy atom. The molecule has 1 aromatic heterocycles. The number of ether oxygens (including phenoxy) is 1. The molecule has 0 aliphatic heterocycles. The average molecular weight is 359 g/mol. The molecule has 0 aliphatic rings. The predicted octanol–water partition coefficient (Wildman–Crippen LogP) is 1.97. The second-order valence-electron chi connectivity index (χ2n) is 6.70. The normalized spacial score (nSPS) is 12.3.